The Bertz CT molecular complexity index is 546. The Labute approximate surface area is 117 Å². The van der Waals surface area contributed by atoms with Gasteiger partial charge in [0.1, 0.15) is 6.33 Å². The molecule has 1 aromatic heterocycles. The lowest BCUT2D eigenvalue weighted by atomic mass is 10.1. The van der Waals surface area contributed by atoms with Crippen molar-refractivity contribution in [1.29, 1.82) is 0 Å². The molecular formula is C14H18N4S. The number of aryl methyl sites for hydroxylation is 1. The minimum Gasteiger partial charge on any atom is -0.384 e. The fourth-order valence-corrected chi connectivity index (χ4v) is 3.64. The molecule has 1 fully saturated rings. The van der Waals surface area contributed by atoms with Gasteiger partial charge in [-0.25, -0.2) is 0 Å². The number of nitrogens with zero attached hydrogens (tertiary/aromatic N) is 3. The van der Waals surface area contributed by atoms with Crippen LogP contribution >= 0.6 is 11.8 Å². The molecule has 5 heteroatoms. The largest absolute Gasteiger partial charge is 0.384 e. The zero-order chi connectivity index (χ0) is 13.1. The molecule has 1 aromatic carbocycles. The molecule has 3 rings (SSSR count). The molecule has 1 aliphatic rings. The van der Waals surface area contributed by atoms with Gasteiger partial charge in [-0.1, -0.05) is 12.1 Å². The Morgan fingerprint density at radius 2 is 2.32 bits per heavy atom. The van der Waals surface area contributed by atoms with Crippen LogP contribution in [0.25, 0.3) is 11.4 Å². The molecule has 0 aliphatic carbocycles. The van der Waals surface area contributed by atoms with E-state index in [1.165, 1.54) is 17.9 Å². The molecule has 0 spiro atoms. The SMILES string of the molecule is Cn1cnnc1-c1ccccc1NCC1CCSC1. The molecule has 1 atom stereocenters. The molecule has 1 saturated heterocycles. The number of anilines is 1. The third-order valence-electron chi connectivity index (χ3n) is 3.48. The predicted octanol–water partition coefficient (Wildman–Crippen LogP) is 2.65. The van der Waals surface area contributed by atoms with Crippen molar-refractivity contribution in [3.63, 3.8) is 0 Å². The van der Waals surface area contributed by atoms with Crippen LogP contribution in [0.4, 0.5) is 5.69 Å². The van der Waals surface area contributed by atoms with Gasteiger partial charge in [-0.2, -0.15) is 11.8 Å². The molecule has 2 aromatic rings. The number of hydrogen-bond donors (Lipinski definition) is 1. The standard InChI is InChI=1S/C14H18N4S/c1-18-10-16-17-14(18)12-4-2-3-5-13(12)15-8-11-6-7-19-9-11/h2-5,10-11,15H,6-9H2,1H3. The van der Waals surface area contributed by atoms with Crippen LogP contribution in [-0.4, -0.2) is 32.8 Å². The van der Waals surface area contributed by atoms with E-state index in [9.17, 15) is 0 Å². The second-order valence-corrected chi connectivity index (χ2v) is 6.07. The molecule has 100 valence electrons. The quantitative estimate of drug-likeness (QED) is 0.931. The Hall–Kier alpha value is -1.49. The molecule has 1 unspecified atom stereocenters. The summed E-state index contributed by atoms with van der Waals surface area (Å²) in [6, 6.07) is 8.31. The molecular weight excluding hydrogens is 256 g/mol. The summed E-state index contributed by atoms with van der Waals surface area (Å²) >= 11 is 2.06. The molecule has 0 amide bonds. The summed E-state index contributed by atoms with van der Waals surface area (Å²) in [5.74, 6) is 4.28. The minimum absolute atomic E-state index is 0.789. The second-order valence-electron chi connectivity index (χ2n) is 4.92. The Morgan fingerprint density at radius 3 is 3.05 bits per heavy atom. The number of aromatic nitrogens is 3. The normalized spacial score (nSPS) is 18.7. The highest BCUT2D eigenvalue weighted by Crippen LogP contribution is 2.28. The summed E-state index contributed by atoms with van der Waals surface area (Å²) < 4.78 is 1.95. The van der Waals surface area contributed by atoms with Crippen LogP contribution in [0.15, 0.2) is 30.6 Å². The van der Waals surface area contributed by atoms with E-state index in [0.29, 0.717) is 0 Å². The lowest BCUT2D eigenvalue weighted by Gasteiger charge is -2.14. The average Bonchev–Trinajstić information content (AvgIpc) is 3.08. The van der Waals surface area contributed by atoms with E-state index in [-0.39, 0.29) is 0 Å². The van der Waals surface area contributed by atoms with Crippen LogP contribution in [0.3, 0.4) is 0 Å². The number of benzene rings is 1. The number of rotatable bonds is 4. The Morgan fingerprint density at radius 1 is 1.42 bits per heavy atom. The summed E-state index contributed by atoms with van der Waals surface area (Å²) in [7, 11) is 1.97. The zero-order valence-electron chi connectivity index (χ0n) is 11.0. The third kappa shape index (κ3) is 2.76. The zero-order valence-corrected chi connectivity index (χ0v) is 11.9. The van der Waals surface area contributed by atoms with Crippen LogP contribution in [-0.2, 0) is 7.05 Å². The molecule has 0 bridgehead atoms. The maximum Gasteiger partial charge on any atom is 0.165 e. The van der Waals surface area contributed by atoms with E-state index < -0.39 is 0 Å². The summed E-state index contributed by atoms with van der Waals surface area (Å²) in [5.41, 5.74) is 2.27. The molecule has 4 nitrogen and oxygen atoms in total. The van der Waals surface area contributed by atoms with Crippen molar-refractivity contribution in [3.05, 3.63) is 30.6 Å². The lowest BCUT2D eigenvalue weighted by molar-refractivity contribution is 0.632. The number of nitrogens with one attached hydrogen (secondary N) is 1. The van der Waals surface area contributed by atoms with Crippen molar-refractivity contribution in [2.24, 2.45) is 13.0 Å². The molecule has 19 heavy (non-hydrogen) atoms. The van der Waals surface area contributed by atoms with Crippen molar-refractivity contribution in [2.75, 3.05) is 23.4 Å². The summed E-state index contributed by atoms with van der Waals surface area (Å²) in [4.78, 5) is 0. The van der Waals surface area contributed by atoms with Crippen LogP contribution in [0.2, 0.25) is 0 Å². The number of thioether (sulfide) groups is 1. The fraction of sp³-hybridized carbons (Fsp3) is 0.429. The van der Waals surface area contributed by atoms with E-state index in [1.807, 2.05) is 17.7 Å². The first-order valence-corrected chi connectivity index (χ1v) is 7.75. The Kier molecular flexibility index (Phi) is 3.73. The predicted molar refractivity (Wildman–Crippen MR) is 80.4 cm³/mol. The molecule has 2 heterocycles. The van der Waals surface area contributed by atoms with Crippen molar-refractivity contribution in [3.8, 4) is 11.4 Å². The minimum atomic E-state index is 0.789. The van der Waals surface area contributed by atoms with Crippen molar-refractivity contribution >= 4 is 17.4 Å². The average molecular weight is 274 g/mol. The van der Waals surface area contributed by atoms with E-state index in [4.69, 9.17) is 0 Å². The van der Waals surface area contributed by atoms with Crippen molar-refractivity contribution in [1.82, 2.24) is 14.8 Å². The van der Waals surface area contributed by atoms with Gasteiger partial charge in [-0.05, 0) is 36.0 Å². The maximum atomic E-state index is 4.20. The maximum absolute atomic E-state index is 4.20. The molecule has 0 saturated carbocycles. The van der Waals surface area contributed by atoms with Crippen LogP contribution < -0.4 is 5.32 Å². The van der Waals surface area contributed by atoms with Gasteiger partial charge in [0, 0.05) is 24.8 Å². The summed E-state index contributed by atoms with van der Waals surface area (Å²) in [5, 5.41) is 11.7. The van der Waals surface area contributed by atoms with E-state index >= 15 is 0 Å². The van der Waals surface area contributed by atoms with E-state index in [1.54, 1.807) is 6.33 Å². The Balaban J connectivity index is 1.79. The molecule has 0 radical (unpaired) electrons. The van der Waals surface area contributed by atoms with Gasteiger partial charge in [0.25, 0.3) is 0 Å². The second kappa shape index (κ2) is 5.65. The van der Waals surface area contributed by atoms with Gasteiger partial charge in [-0.3, -0.25) is 0 Å². The van der Waals surface area contributed by atoms with Gasteiger partial charge in [0.15, 0.2) is 5.82 Å². The number of hydrogen-bond acceptors (Lipinski definition) is 4. The van der Waals surface area contributed by atoms with Gasteiger partial charge in [-0.15, -0.1) is 10.2 Å². The summed E-state index contributed by atoms with van der Waals surface area (Å²) in [6.07, 6.45) is 3.06. The third-order valence-corrected chi connectivity index (χ3v) is 4.72. The number of para-hydroxylation sites is 1. The van der Waals surface area contributed by atoms with Crippen LogP contribution in [0.1, 0.15) is 6.42 Å². The van der Waals surface area contributed by atoms with Crippen molar-refractivity contribution < 1.29 is 0 Å². The van der Waals surface area contributed by atoms with Gasteiger partial charge >= 0.3 is 0 Å². The first-order chi connectivity index (χ1) is 9.34. The van der Waals surface area contributed by atoms with Gasteiger partial charge < -0.3 is 9.88 Å². The van der Waals surface area contributed by atoms with E-state index in [2.05, 4.69) is 45.5 Å². The lowest BCUT2D eigenvalue weighted by Crippen LogP contribution is -2.14. The van der Waals surface area contributed by atoms with Gasteiger partial charge in [0.05, 0.1) is 0 Å². The van der Waals surface area contributed by atoms with Crippen LogP contribution in [0.5, 0.6) is 0 Å². The fourth-order valence-electron chi connectivity index (χ4n) is 2.36. The first kappa shape index (κ1) is 12.5. The topological polar surface area (TPSA) is 42.7 Å². The molecule has 1 aliphatic heterocycles. The molecule has 1 N–H and O–H groups in total. The van der Waals surface area contributed by atoms with Crippen LogP contribution in [0, 0.1) is 5.92 Å². The van der Waals surface area contributed by atoms with E-state index in [0.717, 1.165) is 29.5 Å². The highest BCUT2D eigenvalue weighted by Gasteiger charge is 2.16. The first-order valence-electron chi connectivity index (χ1n) is 6.59. The summed E-state index contributed by atoms with van der Waals surface area (Å²) in [6.45, 7) is 1.04. The monoisotopic (exact) mass is 274 g/mol. The highest BCUT2D eigenvalue weighted by atomic mass is 32.2. The highest BCUT2D eigenvalue weighted by molar-refractivity contribution is 7.99. The van der Waals surface area contributed by atoms with Crippen molar-refractivity contribution in [2.45, 2.75) is 6.42 Å². The smallest absolute Gasteiger partial charge is 0.165 e. The van der Waals surface area contributed by atoms with Gasteiger partial charge in [0.2, 0.25) is 0 Å².